The van der Waals surface area contributed by atoms with Crippen molar-refractivity contribution >= 4 is 23.2 Å². The number of thiazole rings is 1. The number of ether oxygens (including phenoxy) is 3. The number of halogens is 1. The maximum atomic E-state index is 13.2. The summed E-state index contributed by atoms with van der Waals surface area (Å²) >= 11 is 1.41. The minimum atomic E-state index is -0.623. The van der Waals surface area contributed by atoms with Gasteiger partial charge in [-0.3, -0.25) is 9.59 Å². The number of nitrogens with one attached hydrogen (secondary N) is 1. The molecule has 9 heteroatoms. The van der Waals surface area contributed by atoms with Crippen LogP contribution in [0.3, 0.4) is 0 Å². The fourth-order valence-corrected chi connectivity index (χ4v) is 3.47. The summed E-state index contributed by atoms with van der Waals surface area (Å²) < 4.78 is 29.2. The number of nitrogens with zero attached hydrogens (tertiary/aromatic N) is 1. The predicted molar refractivity (Wildman–Crippen MR) is 114 cm³/mol. The molecule has 0 atom stereocenters. The van der Waals surface area contributed by atoms with Crippen LogP contribution in [0.4, 0.5) is 4.39 Å². The third-order valence-corrected chi connectivity index (χ3v) is 5.06. The van der Waals surface area contributed by atoms with E-state index in [9.17, 15) is 14.0 Å². The van der Waals surface area contributed by atoms with Gasteiger partial charge < -0.3 is 19.5 Å². The highest BCUT2D eigenvalue weighted by molar-refractivity contribution is 7.13. The van der Waals surface area contributed by atoms with Crippen molar-refractivity contribution in [1.82, 2.24) is 10.3 Å². The number of rotatable bonds is 9. The molecule has 0 unspecified atom stereocenters. The summed E-state index contributed by atoms with van der Waals surface area (Å²) in [5.41, 5.74) is 1.56. The summed E-state index contributed by atoms with van der Waals surface area (Å²) in [6.07, 6.45) is 0. The van der Waals surface area contributed by atoms with E-state index in [0.29, 0.717) is 23.8 Å². The molecule has 1 aromatic heterocycles. The zero-order valence-electron chi connectivity index (χ0n) is 17.0. The fraction of sp³-hybridized carbons (Fsp3) is 0.227. The van der Waals surface area contributed by atoms with Crippen molar-refractivity contribution in [2.45, 2.75) is 13.5 Å². The van der Waals surface area contributed by atoms with Crippen LogP contribution in [-0.2, 0) is 16.1 Å². The van der Waals surface area contributed by atoms with Crippen molar-refractivity contribution < 1.29 is 28.2 Å². The number of carbonyl (C=O) groups is 2. The Hall–Kier alpha value is -3.46. The Morgan fingerprint density at radius 2 is 2.00 bits per heavy atom. The van der Waals surface area contributed by atoms with Crippen molar-refractivity contribution in [1.29, 1.82) is 0 Å². The number of aromatic nitrogens is 1. The first kappa shape index (κ1) is 22.2. The molecule has 1 heterocycles. The van der Waals surface area contributed by atoms with E-state index in [1.807, 2.05) is 25.1 Å². The highest BCUT2D eigenvalue weighted by Gasteiger charge is 2.13. The first-order valence-electron chi connectivity index (χ1n) is 9.45. The van der Waals surface area contributed by atoms with E-state index >= 15 is 0 Å². The van der Waals surface area contributed by atoms with E-state index in [1.54, 1.807) is 12.5 Å². The number of carbonyl (C=O) groups excluding carboxylic acids is 2. The van der Waals surface area contributed by atoms with Gasteiger partial charge in [0, 0.05) is 16.5 Å². The molecule has 0 saturated carbocycles. The number of amides is 1. The van der Waals surface area contributed by atoms with Gasteiger partial charge in [-0.1, -0.05) is 6.07 Å². The number of hydrogen-bond donors (Lipinski definition) is 1. The molecule has 3 rings (SSSR count). The van der Waals surface area contributed by atoms with Gasteiger partial charge in [0.15, 0.2) is 11.5 Å². The van der Waals surface area contributed by atoms with Gasteiger partial charge in [-0.15, -0.1) is 11.3 Å². The Kier molecular flexibility index (Phi) is 7.55. The molecule has 162 valence electrons. The quantitative estimate of drug-likeness (QED) is 0.505. The highest BCUT2D eigenvalue weighted by Crippen LogP contribution is 2.33. The molecule has 0 saturated heterocycles. The molecule has 0 aliphatic heterocycles. The van der Waals surface area contributed by atoms with Gasteiger partial charge >= 0.3 is 5.97 Å². The summed E-state index contributed by atoms with van der Waals surface area (Å²) in [5, 5.41) is 4.93. The Bertz CT molecular complexity index is 1070. The van der Waals surface area contributed by atoms with Crippen molar-refractivity contribution in [3.05, 3.63) is 64.9 Å². The predicted octanol–water partition coefficient (Wildman–Crippen LogP) is 3.83. The molecule has 31 heavy (non-hydrogen) atoms. The number of methoxy groups -OCH3 is 1. The molecule has 0 fully saturated rings. The van der Waals surface area contributed by atoms with Crippen LogP contribution in [0.5, 0.6) is 11.5 Å². The van der Waals surface area contributed by atoms with Gasteiger partial charge in [-0.25, -0.2) is 9.37 Å². The number of benzene rings is 2. The standard InChI is InChI=1S/C22H21FN2O5S/c1-3-29-18-8-7-15(10-19(18)28-2)22-25-17(13-31-22)12-30-20(26)11-24-21(27)14-5-4-6-16(23)9-14/h4-10,13H,3,11-12H2,1-2H3,(H,24,27). The third-order valence-electron chi connectivity index (χ3n) is 4.12. The first-order valence-corrected chi connectivity index (χ1v) is 10.3. The maximum Gasteiger partial charge on any atom is 0.325 e. The van der Waals surface area contributed by atoms with Crippen LogP contribution in [0.25, 0.3) is 10.6 Å². The summed E-state index contributed by atoms with van der Waals surface area (Å²) in [6, 6.07) is 10.7. The smallest absolute Gasteiger partial charge is 0.325 e. The highest BCUT2D eigenvalue weighted by atomic mass is 32.1. The average molecular weight is 444 g/mol. The summed E-state index contributed by atoms with van der Waals surface area (Å²) in [7, 11) is 1.57. The molecule has 7 nitrogen and oxygen atoms in total. The molecule has 0 aliphatic rings. The van der Waals surface area contributed by atoms with Crippen molar-refractivity contribution in [2.24, 2.45) is 0 Å². The van der Waals surface area contributed by atoms with Gasteiger partial charge in [-0.2, -0.15) is 0 Å². The van der Waals surface area contributed by atoms with E-state index < -0.39 is 17.7 Å². The third kappa shape index (κ3) is 6.02. The molecular weight excluding hydrogens is 423 g/mol. The van der Waals surface area contributed by atoms with Gasteiger partial charge in [0.25, 0.3) is 5.91 Å². The molecule has 2 aromatic carbocycles. The topological polar surface area (TPSA) is 86.8 Å². The van der Waals surface area contributed by atoms with E-state index in [4.69, 9.17) is 14.2 Å². The van der Waals surface area contributed by atoms with Crippen LogP contribution >= 0.6 is 11.3 Å². The number of hydrogen-bond acceptors (Lipinski definition) is 7. The monoisotopic (exact) mass is 444 g/mol. The lowest BCUT2D eigenvalue weighted by molar-refractivity contribution is -0.143. The van der Waals surface area contributed by atoms with Gasteiger partial charge in [0.1, 0.15) is 24.0 Å². The zero-order valence-corrected chi connectivity index (χ0v) is 17.8. The largest absolute Gasteiger partial charge is 0.493 e. The lowest BCUT2D eigenvalue weighted by atomic mass is 10.2. The normalized spacial score (nSPS) is 10.4. The van der Waals surface area contributed by atoms with Crippen LogP contribution in [0.1, 0.15) is 23.0 Å². The van der Waals surface area contributed by atoms with Crippen molar-refractivity contribution in [3.8, 4) is 22.1 Å². The van der Waals surface area contributed by atoms with Crippen LogP contribution in [0.15, 0.2) is 47.8 Å². The van der Waals surface area contributed by atoms with E-state index in [-0.39, 0.29) is 18.7 Å². The Labute approximate surface area is 182 Å². The van der Waals surface area contributed by atoms with Crippen LogP contribution in [-0.4, -0.2) is 37.1 Å². The van der Waals surface area contributed by atoms with Crippen molar-refractivity contribution in [3.63, 3.8) is 0 Å². The van der Waals surface area contributed by atoms with E-state index in [2.05, 4.69) is 10.3 Å². The van der Waals surface area contributed by atoms with Crippen LogP contribution in [0.2, 0.25) is 0 Å². The second-order valence-corrected chi connectivity index (χ2v) is 7.15. The summed E-state index contributed by atoms with van der Waals surface area (Å²) in [6.45, 7) is 2.07. The van der Waals surface area contributed by atoms with Gasteiger partial charge in [0.2, 0.25) is 0 Å². The molecular formula is C22H21FN2O5S. The Morgan fingerprint density at radius 3 is 2.74 bits per heavy atom. The second kappa shape index (κ2) is 10.5. The first-order chi connectivity index (χ1) is 15.0. The number of esters is 1. The van der Waals surface area contributed by atoms with Crippen LogP contribution in [0, 0.1) is 5.82 Å². The lowest BCUT2D eigenvalue weighted by Gasteiger charge is -2.10. The molecule has 0 spiro atoms. The molecule has 1 N–H and O–H groups in total. The molecule has 3 aromatic rings. The van der Waals surface area contributed by atoms with Gasteiger partial charge in [0.05, 0.1) is 19.4 Å². The lowest BCUT2D eigenvalue weighted by Crippen LogP contribution is -2.30. The second-order valence-electron chi connectivity index (χ2n) is 6.30. The summed E-state index contributed by atoms with van der Waals surface area (Å²) in [4.78, 5) is 28.3. The molecule has 0 bridgehead atoms. The Morgan fingerprint density at radius 1 is 1.16 bits per heavy atom. The molecule has 1 amide bonds. The average Bonchev–Trinajstić information content (AvgIpc) is 3.25. The maximum absolute atomic E-state index is 13.2. The fourth-order valence-electron chi connectivity index (χ4n) is 2.67. The molecule has 0 aliphatic carbocycles. The Balaban J connectivity index is 1.53. The zero-order chi connectivity index (χ0) is 22.2. The molecule has 0 radical (unpaired) electrons. The van der Waals surface area contributed by atoms with E-state index in [0.717, 1.165) is 16.6 Å². The SMILES string of the molecule is CCOc1ccc(-c2nc(COC(=O)CNC(=O)c3cccc(F)c3)cs2)cc1OC. The van der Waals surface area contributed by atoms with Crippen LogP contribution < -0.4 is 14.8 Å². The summed E-state index contributed by atoms with van der Waals surface area (Å²) in [5.74, 6) is -0.449. The van der Waals surface area contributed by atoms with Gasteiger partial charge in [-0.05, 0) is 43.3 Å². The minimum Gasteiger partial charge on any atom is -0.493 e. The van der Waals surface area contributed by atoms with Crippen molar-refractivity contribution in [2.75, 3.05) is 20.3 Å². The minimum absolute atomic E-state index is 0.0284. The van der Waals surface area contributed by atoms with E-state index in [1.165, 1.54) is 29.5 Å².